The molecule has 0 aliphatic carbocycles. The summed E-state index contributed by atoms with van der Waals surface area (Å²) in [4.78, 5) is 0. The Labute approximate surface area is 120 Å². The number of benzene rings is 2. The van der Waals surface area contributed by atoms with E-state index in [-0.39, 0.29) is 13.2 Å². The highest BCUT2D eigenvalue weighted by molar-refractivity contribution is 7.71. The summed E-state index contributed by atoms with van der Waals surface area (Å²) in [7, 11) is -0.270. The average molecular weight is 280 g/mol. The van der Waals surface area contributed by atoms with E-state index in [9.17, 15) is 0 Å². The van der Waals surface area contributed by atoms with Gasteiger partial charge in [0.2, 0.25) is 0 Å². The van der Waals surface area contributed by atoms with E-state index in [0.29, 0.717) is 5.66 Å². The molecule has 1 fully saturated rings. The van der Waals surface area contributed by atoms with Crippen molar-refractivity contribution in [3.8, 4) is 0 Å². The molecule has 0 amide bonds. The van der Waals surface area contributed by atoms with Crippen LogP contribution in [-0.4, -0.2) is 11.4 Å². The zero-order valence-electron chi connectivity index (χ0n) is 11.7. The van der Waals surface area contributed by atoms with Crippen LogP contribution in [-0.2, 0) is 5.16 Å². The van der Waals surface area contributed by atoms with E-state index in [1.165, 1.54) is 17.0 Å². The molecule has 100 valence electrons. The second-order valence-corrected chi connectivity index (χ2v) is 8.14. The smallest absolute Gasteiger partial charge is 0.0635 e. The summed E-state index contributed by atoms with van der Waals surface area (Å²) in [5.74, 6) is 0. The van der Waals surface area contributed by atoms with Crippen LogP contribution in [0.15, 0.2) is 65.8 Å². The maximum absolute atomic E-state index is 4.79. The summed E-state index contributed by atoms with van der Waals surface area (Å²) >= 11 is 0. The number of rotatable bonds is 2. The Morgan fingerprint density at radius 1 is 1.00 bits per heavy atom. The summed E-state index contributed by atoms with van der Waals surface area (Å²) in [6, 6.07) is 21.5. The van der Waals surface area contributed by atoms with Crippen LogP contribution in [0.1, 0.15) is 19.4 Å². The Bertz CT molecular complexity index is 668. The molecule has 0 saturated carbocycles. The number of nitrogens with zero attached hydrogens (tertiary/aromatic N) is 2. The van der Waals surface area contributed by atoms with E-state index >= 15 is 0 Å². The molecule has 0 aromatic heterocycles. The van der Waals surface area contributed by atoms with Crippen LogP contribution in [0.3, 0.4) is 0 Å². The van der Waals surface area contributed by atoms with Gasteiger partial charge in [0.25, 0.3) is 0 Å². The number of anilines is 1. The first-order chi connectivity index (χ1) is 9.73. The third kappa shape index (κ3) is 1.52. The lowest BCUT2D eigenvalue weighted by atomic mass is 9.96. The lowest BCUT2D eigenvalue weighted by Crippen LogP contribution is -2.17. The van der Waals surface area contributed by atoms with Crippen LogP contribution >= 0.6 is 8.07 Å². The molecule has 2 heterocycles. The van der Waals surface area contributed by atoms with Gasteiger partial charge in [-0.25, -0.2) is 4.78 Å². The van der Waals surface area contributed by atoms with Gasteiger partial charge in [-0.3, -0.25) is 0 Å². The molecule has 0 bridgehead atoms. The van der Waals surface area contributed by atoms with Crippen molar-refractivity contribution >= 4 is 19.5 Å². The highest BCUT2D eigenvalue weighted by Crippen LogP contribution is 2.84. The number of para-hydroxylation sites is 1. The van der Waals surface area contributed by atoms with Crippen molar-refractivity contribution in [2.45, 2.75) is 24.7 Å². The van der Waals surface area contributed by atoms with Gasteiger partial charge in [-0.1, -0.05) is 48.5 Å². The van der Waals surface area contributed by atoms with Gasteiger partial charge in [0, 0.05) is 18.9 Å². The minimum absolute atomic E-state index is 0.262. The normalized spacial score (nSPS) is 30.9. The Morgan fingerprint density at radius 2 is 1.60 bits per heavy atom. The Balaban J connectivity index is 1.74. The molecule has 2 aliphatic heterocycles. The van der Waals surface area contributed by atoms with Crippen LogP contribution in [0.5, 0.6) is 0 Å². The maximum Gasteiger partial charge on any atom is 0.0635 e. The average Bonchev–Trinajstić information content (AvgIpc) is 2.97. The predicted molar refractivity (Wildman–Crippen MR) is 86.5 cm³/mol. The fourth-order valence-corrected chi connectivity index (χ4v) is 6.61. The highest BCUT2D eigenvalue weighted by Gasteiger charge is 2.69. The van der Waals surface area contributed by atoms with E-state index in [2.05, 4.69) is 79.3 Å². The first kappa shape index (κ1) is 12.1. The lowest BCUT2D eigenvalue weighted by molar-refractivity contribution is 0.824. The van der Waals surface area contributed by atoms with E-state index in [1.54, 1.807) is 0 Å². The fraction of sp³-hybridized carbons (Fsp3) is 0.235. The second kappa shape index (κ2) is 4.17. The fourth-order valence-electron chi connectivity index (χ4n) is 3.32. The first-order valence-corrected chi connectivity index (χ1v) is 8.34. The Kier molecular flexibility index (Phi) is 2.52. The quantitative estimate of drug-likeness (QED) is 0.735. The zero-order chi connectivity index (χ0) is 13.7. The van der Waals surface area contributed by atoms with Gasteiger partial charge in [0.15, 0.2) is 0 Å². The van der Waals surface area contributed by atoms with Crippen molar-refractivity contribution in [1.29, 1.82) is 0 Å². The van der Waals surface area contributed by atoms with E-state index in [4.69, 9.17) is 5.10 Å². The molecule has 2 aromatic carbocycles. The Hall–Kier alpha value is -1.66. The second-order valence-electron chi connectivity index (χ2n) is 5.63. The lowest BCUT2D eigenvalue weighted by Gasteiger charge is -2.22. The predicted octanol–water partition coefficient (Wildman–Crippen LogP) is 4.58. The third-order valence-corrected chi connectivity index (χ3v) is 7.68. The van der Waals surface area contributed by atoms with Crippen LogP contribution in [0.2, 0.25) is 0 Å². The van der Waals surface area contributed by atoms with Gasteiger partial charge in [0.1, 0.15) is 0 Å². The van der Waals surface area contributed by atoms with Gasteiger partial charge < -0.3 is 0 Å². The number of hydrogen-bond acceptors (Lipinski definition) is 2. The van der Waals surface area contributed by atoms with E-state index in [1.807, 2.05) is 0 Å². The first-order valence-electron chi connectivity index (χ1n) is 6.98. The number of hydrogen-bond donors (Lipinski definition) is 0. The molecular weight excluding hydrogens is 263 g/mol. The maximum atomic E-state index is 4.79. The van der Waals surface area contributed by atoms with E-state index < -0.39 is 0 Å². The topological polar surface area (TPSA) is 15.6 Å². The molecule has 3 heteroatoms. The van der Waals surface area contributed by atoms with Gasteiger partial charge in [0.05, 0.1) is 11.3 Å². The molecule has 0 N–H and O–H groups in total. The highest BCUT2D eigenvalue weighted by atomic mass is 31.1. The minimum Gasteiger partial charge on any atom is -0.244 e. The molecule has 3 unspecified atom stereocenters. The van der Waals surface area contributed by atoms with E-state index in [0.717, 1.165) is 0 Å². The summed E-state index contributed by atoms with van der Waals surface area (Å²) < 4.78 is 2.28. The van der Waals surface area contributed by atoms with Crippen molar-refractivity contribution in [2.75, 3.05) is 4.78 Å². The molecule has 0 spiro atoms. The van der Waals surface area contributed by atoms with Crippen molar-refractivity contribution in [2.24, 2.45) is 5.10 Å². The summed E-state index contributed by atoms with van der Waals surface area (Å²) in [6.45, 7) is 4.57. The molecule has 2 nitrogen and oxygen atoms in total. The standard InChI is InChI=1S/C17H17N2P/c1-13-16-17(2,14-9-5-3-6-10-14)20(16)19(18-13)15-11-7-4-8-12-15/h3-12,16H,1-2H3. The molecule has 3 atom stereocenters. The van der Waals surface area contributed by atoms with Crippen LogP contribution in [0.4, 0.5) is 5.69 Å². The van der Waals surface area contributed by atoms with Crippen molar-refractivity contribution in [3.63, 3.8) is 0 Å². The largest absolute Gasteiger partial charge is 0.244 e. The van der Waals surface area contributed by atoms with Gasteiger partial charge in [-0.15, -0.1) is 0 Å². The van der Waals surface area contributed by atoms with Crippen molar-refractivity contribution in [3.05, 3.63) is 66.2 Å². The molecule has 4 rings (SSSR count). The number of hydrazone groups is 1. The monoisotopic (exact) mass is 280 g/mol. The van der Waals surface area contributed by atoms with Crippen LogP contribution < -0.4 is 4.78 Å². The molecule has 20 heavy (non-hydrogen) atoms. The Morgan fingerprint density at radius 3 is 2.25 bits per heavy atom. The van der Waals surface area contributed by atoms with Gasteiger partial charge in [-0.2, -0.15) is 5.10 Å². The van der Waals surface area contributed by atoms with Gasteiger partial charge >= 0.3 is 0 Å². The molecular formula is C17H17N2P. The summed E-state index contributed by atoms with van der Waals surface area (Å²) in [5.41, 5.74) is 4.57. The SMILES string of the molecule is CC1=NN(c2ccccc2)P2C1C2(C)c1ccccc1. The van der Waals surface area contributed by atoms with Crippen molar-refractivity contribution in [1.82, 2.24) is 0 Å². The summed E-state index contributed by atoms with van der Waals surface area (Å²) in [5, 5.41) is 5.05. The van der Waals surface area contributed by atoms with Gasteiger partial charge in [-0.05, 0) is 31.5 Å². The number of fused-ring (bicyclic) bond motifs is 1. The van der Waals surface area contributed by atoms with Crippen LogP contribution in [0.25, 0.3) is 0 Å². The molecule has 1 saturated heterocycles. The summed E-state index contributed by atoms with van der Waals surface area (Å²) in [6.07, 6.45) is 0. The molecule has 2 aliphatic rings. The van der Waals surface area contributed by atoms with Crippen LogP contribution in [0, 0.1) is 0 Å². The minimum atomic E-state index is -0.270. The molecule has 0 radical (unpaired) electrons. The molecule has 2 aromatic rings. The van der Waals surface area contributed by atoms with Crippen molar-refractivity contribution < 1.29 is 0 Å². The zero-order valence-corrected chi connectivity index (χ0v) is 12.6. The third-order valence-electron chi connectivity index (χ3n) is 4.38.